The van der Waals surface area contributed by atoms with Gasteiger partial charge in [0.2, 0.25) is 0 Å². The number of aromatic nitrogens is 1. The highest BCUT2D eigenvalue weighted by Gasteiger charge is 2.07. The van der Waals surface area contributed by atoms with Gasteiger partial charge in [0.1, 0.15) is 0 Å². The molecule has 14 heavy (non-hydrogen) atoms. The Morgan fingerprint density at radius 3 is 2.64 bits per heavy atom. The third-order valence-electron chi connectivity index (χ3n) is 2.10. The molecule has 1 aromatic carbocycles. The number of pyridine rings is 1. The van der Waals surface area contributed by atoms with E-state index in [9.17, 15) is 8.78 Å². The molecule has 0 saturated heterocycles. The zero-order chi connectivity index (χ0) is 10.1. The van der Waals surface area contributed by atoms with E-state index in [-0.39, 0.29) is 5.56 Å². The fraction of sp³-hybridized carbons (Fsp3) is 0.182. The number of nitrogens with zero attached hydrogens (tertiary/aromatic N) is 1. The van der Waals surface area contributed by atoms with Crippen LogP contribution in [0.25, 0.3) is 10.9 Å². The number of hydrogen-bond acceptors (Lipinski definition) is 1. The van der Waals surface area contributed by atoms with E-state index in [1.807, 2.05) is 19.1 Å². The van der Waals surface area contributed by atoms with Gasteiger partial charge in [-0.15, -0.1) is 0 Å². The molecule has 0 bridgehead atoms. The molecular weight excluding hydrogens is 184 g/mol. The number of fused-ring (bicyclic) bond motifs is 1. The Balaban J connectivity index is 2.62. The van der Waals surface area contributed by atoms with Gasteiger partial charge in [-0.3, -0.25) is 4.98 Å². The second-order valence-corrected chi connectivity index (χ2v) is 3.21. The maximum Gasteiger partial charge on any atom is 0.263 e. The molecule has 1 aromatic heterocycles. The van der Waals surface area contributed by atoms with Gasteiger partial charge in [0.05, 0.1) is 5.52 Å². The van der Waals surface area contributed by atoms with Crippen molar-refractivity contribution in [2.24, 2.45) is 0 Å². The molecule has 0 aliphatic carbocycles. The van der Waals surface area contributed by atoms with Crippen LogP contribution in [-0.4, -0.2) is 4.98 Å². The van der Waals surface area contributed by atoms with Crippen LogP contribution in [0.15, 0.2) is 30.3 Å². The topological polar surface area (TPSA) is 12.9 Å². The fourth-order valence-corrected chi connectivity index (χ4v) is 1.38. The standard InChI is InChI=1S/C11H9F2N/c1-7-2-3-8-6-9(11(12)13)4-5-10(8)14-7/h2-6,11H,1H3. The number of aryl methyl sites for hydroxylation is 1. The van der Waals surface area contributed by atoms with Gasteiger partial charge >= 0.3 is 0 Å². The van der Waals surface area contributed by atoms with Crippen molar-refractivity contribution in [2.75, 3.05) is 0 Å². The summed E-state index contributed by atoms with van der Waals surface area (Å²) in [7, 11) is 0. The highest BCUT2D eigenvalue weighted by molar-refractivity contribution is 5.79. The van der Waals surface area contributed by atoms with Gasteiger partial charge in [0.15, 0.2) is 0 Å². The molecule has 0 spiro atoms. The second kappa shape index (κ2) is 3.33. The van der Waals surface area contributed by atoms with Crippen LogP contribution in [0.4, 0.5) is 8.78 Å². The Morgan fingerprint density at radius 2 is 1.93 bits per heavy atom. The van der Waals surface area contributed by atoms with Gasteiger partial charge in [-0.05, 0) is 25.1 Å². The van der Waals surface area contributed by atoms with E-state index in [1.165, 1.54) is 12.1 Å². The predicted octanol–water partition coefficient (Wildman–Crippen LogP) is 3.48. The SMILES string of the molecule is Cc1ccc2cc(C(F)F)ccc2n1. The first-order chi connectivity index (χ1) is 6.66. The molecule has 72 valence electrons. The smallest absolute Gasteiger partial charge is 0.253 e. The summed E-state index contributed by atoms with van der Waals surface area (Å²) in [6.45, 7) is 1.88. The minimum absolute atomic E-state index is 0.0446. The Bertz CT molecular complexity index is 466. The maximum absolute atomic E-state index is 12.4. The second-order valence-electron chi connectivity index (χ2n) is 3.21. The van der Waals surface area contributed by atoms with Crippen molar-refractivity contribution in [2.45, 2.75) is 13.3 Å². The van der Waals surface area contributed by atoms with Crippen LogP contribution in [0.1, 0.15) is 17.7 Å². The van der Waals surface area contributed by atoms with E-state index in [0.29, 0.717) is 0 Å². The molecule has 2 aromatic rings. The van der Waals surface area contributed by atoms with Gasteiger partial charge in [-0.2, -0.15) is 0 Å². The van der Waals surface area contributed by atoms with Crippen molar-refractivity contribution >= 4 is 10.9 Å². The lowest BCUT2D eigenvalue weighted by molar-refractivity contribution is 0.151. The Morgan fingerprint density at radius 1 is 1.14 bits per heavy atom. The molecule has 1 nitrogen and oxygen atoms in total. The molecular formula is C11H9F2N. The van der Waals surface area contributed by atoms with Crippen LogP contribution in [-0.2, 0) is 0 Å². The molecule has 0 amide bonds. The van der Waals surface area contributed by atoms with E-state index in [0.717, 1.165) is 16.6 Å². The number of halogens is 2. The average Bonchev–Trinajstić information content (AvgIpc) is 2.16. The van der Waals surface area contributed by atoms with Crippen molar-refractivity contribution < 1.29 is 8.78 Å². The Hall–Kier alpha value is -1.51. The molecule has 0 saturated carbocycles. The van der Waals surface area contributed by atoms with E-state index in [1.54, 1.807) is 6.07 Å². The van der Waals surface area contributed by atoms with Crippen LogP contribution in [0.5, 0.6) is 0 Å². The Labute approximate surface area is 80.4 Å². The number of benzene rings is 1. The minimum atomic E-state index is -2.42. The average molecular weight is 193 g/mol. The first-order valence-corrected chi connectivity index (χ1v) is 4.32. The summed E-state index contributed by atoms with van der Waals surface area (Å²) in [4.78, 5) is 4.23. The van der Waals surface area contributed by atoms with Crippen LogP contribution in [0.3, 0.4) is 0 Å². The van der Waals surface area contributed by atoms with Crippen molar-refractivity contribution in [1.29, 1.82) is 0 Å². The lowest BCUT2D eigenvalue weighted by Gasteiger charge is -2.02. The van der Waals surface area contributed by atoms with Crippen LogP contribution >= 0.6 is 0 Å². The lowest BCUT2D eigenvalue weighted by Crippen LogP contribution is -1.87. The third-order valence-corrected chi connectivity index (χ3v) is 2.10. The first-order valence-electron chi connectivity index (χ1n) is 4.32. The summed E-state index contributed by atoms with van der Waals surface area (Å²) in [6.07, 6.45) is -2.42. The van der Waals surface area contributed by atoms with E-state index >= 15 is 0 Å². The maximum atomic E-state index is 12.4. The van der Waals surface area contributed by atoms with Crippen LogP contribution in [0, 0.1) is 6.92 Å². The fourth-order valence-electron chi connectivity index (χ4n) is 1.38. The van der Waals surface area contributed by atoms with Crippen molar-refractivity contribution in [1.82, 2.24) is 4.98 Å². The normalized spacial score (nSPS) is 11.1. The molecule has 0 unspecified atom stereocenters. The highest BCUT2D eigenvalue weighted by atomic mass is 19.3. The molecule has 0 radical (unpaired) electrons. The quantitative estimate of drug-likeness (QED) is 0.675. The van der Waals surface area contributed by atoms with Crippen molar-refractivity contribution in [3.8, 4) is 0 Å². The first kappa shape index (κ1) is 9.06. The molecule has 3 heteroatoms. The predicted molar refractivity (Wildman–Crippen MR) is 51.4 cm³/mol. The molecule has 2 rings (SSSR count). The van der Waals surface area contributed by atoms with Gasteiger partial charge in [-0.25, -0.2) is 8.78 Å². The Kier molecular flexibility index (Phi) is 2.15. The summed E-state index contributed by atoms with van der Waals surface area (Å²) in [5.41, 5.74) is 1.69. The van der Waals surface area contributed by atoms with Gasteiger partial charge in [-0.1, -0.05) is 12.1 Å². The lowest BCUT2D eigenvalue weighted by atomic mass is 10.1. The monoisotopic (exact) mass is 193 g/mol. The number of hydrogen-bond donors (Lipinski definition) is 0. The molecule has 0 atom stereocenters. The number of alkyl halides is 2. The third kappa shape index (κ3) is 1.58. The van der Waals surface area contributed by atoms with E-state index in [4.69, 9.17) is 0 Å². The zero-order valence-corrected chi connectivity index (χ0v) is 7.67. The molecule has 0 N–H and O–H groups in total. The van der Waals surface area contributed by atoms with Gasteiger partial charge in [0.25, 0.3) is 6.43 Å². The zero-order valence-electron chi connectivity index (χ0n) is 7.67. The molecule has 0 aliphatic heterocycles. The minimum Gasteiger partial charge on any atom is -0.253 e. The van der Waals surface area contributed by atoms with Crippen LogP contribution in [0.2, 0.25) is 0 Å². The summed E-state index contributed by atoms with van der Waals surface area (Å²) in [5.74, 6) is 0. The van der Waals surface area contributed by atoms with Gasteiger partial charge in [0, 0.05) is 16.6 Å². The summed E-state index contributed by atoms with van der Waals surface area (Å²) in [5, 5.41) is 0.758. The molecule has 0 fully saturated rings. The van der Waals surface area contributed by atoms with Crippen LogP contribution < -0.4 is 0 Å². The van der Waals surface area contributed by atoms with Crippen molar-refractivity contribution in [3.63, 3.8) is 0 Å². The highest BCUT2D eigenvalue weighted by Crippen LogP contribution is 2.22. The summed E-state index contributed by atoms with van der Waals surface area (Å²) in [6, 6.07) is 8.15. The number of rotatable bonds is 1. The largest absolute Gasteiger partial charge is 0.263 e. The van der Waals surface area contributed by atoms with E-state index in [2.05, 4.69) is 4.98 Å². The van der Waals surface area contributed by atoms with Gasteiger partial charge < -0.3 is 0 Å². The van der Waals surface area contributed by atoms with Crippen molar-refractivity contribution in [3.05, 3.63) is 41.6 Å². The molecule has 1 heterocycles. The summed E-state index contributed by atoms with van der Waals surface area (Å²) >= 11 is 0. The molecule has 0 aliphatic rings. The van der Waals surface area contributed by atoms with E-state index < -0.39 is 6.43 Å². The summed E-state index contributed by atoms with van der Waals surface area (Å²) < 4.78 is 24.7.